The lowest BCUT2D eigenvalue weighted by Gasteiger charge is -2.08. The van der Waals surface area contributed by atoms with Gasteiger partial charge in [-0.25, -0.2) is 4.79 Å². The second kappa shape index (κ2) is 8.28. The summed E-state index contributed by atoms with van der Waals surface area (Å²) in [6.07, 6.45) is -1.01. The van der Waals surface area contributed by atoms with Crippen molar-refractivity contribution in [2.45, 2.75) is 18.9 Å². The molecule has 2 amide bonds. The van der Waals surface area contributed by atoms with Crippen LogP contribution in [0.3, 0.4) is 0 Å². The van der Waals surface area contributed by atoms with Crippen LogP contribution < -0.4 is 10.6 Å². The lowest BCUT2D eigenvalue weighted by molar-refractivity contribution is -0.146. The molecule has 0 aliphatic heterocycles. The molecule has 1 heterocycles. The van der Waals surface area contributed by atoms with Crippen molar-refractivity contribution in [2.75, 3.05) is 13.1 Å². The van der Waals surface area contributed by atoms with Crippen molar-refractivity contribution in [3.8, 4) is 0 Å². The van der Waals surface area contributed by atoms with E-state index in [9.17, 15) is 14.4 Å². The number of hydrogen-bond donors (Lipinski definition) is 4. The molecule has 1 aromatic rings. The topological polar surface area (TPSA) is 116 Å². The minimum atomic E-state index is -1.60. The molecule has 8 heteroatoms. The van der Waals surface area contributed by atoms with Crippen LogP contribution in [-0.2, 0) is 9.59 Å². The van der Waals surface area contributed by atoms with Crippen molar-refractivity contribution in [3.63, 3.8) is 0 Å². The third-order valence-corrected chi connectivity index (χ3v) is 3.26. The highest BCUT2D eigenvalue weighted by atomic mass is 32.1. The van der Waals surface area contributed by atoms with E-state index >= 15 is 0 Å². The predicted octanol–water partition coefficient (Wildman–Crippen LogP) is -0.180. The number of hydrogen-bond acceptors (Lipinski definition) is 5. The molecule has 1 atom stereocenters. The molecule has 7 nitrogen and oxygen atoms in total. The molecule has 0 saturated carbocycles. The number of thiophene rings is 1. The Morgan fingerprint density at radius 2 is 2.05 bits per heavy atom. The number of carboxylic acids is 1. The monoisotopic (exact) mass is 300 g/mol. The van der Waals surface area contributed by atoms with E-state index in [0.29, 0.717) is 17.8 Å². The summed E-state index contributed by atoms with van der Waals surface area (Å²) < 4.78 is 0. The summed E-state index contributed by atoms with van der Waals surface area (Å²) in [5.74, 6) is -1.93. The van der Waals surface area contributed by atoms with Crippen molar-refractivity contribution in [1.82, 2.24) is 10.6 Å². The molecule has 0 aromatic carbocycles. The van der Waals surface area contributed by atoms with Gasteiger partial charge >= 0.3 is 5.97 Å². The van der Waals surface area contributed by atoms with Crippen LogP contribution >= 0.6 is 11.3 Å². The van der Waals surface area contributed by atoms with Gasteiger partial charge in [-0.2, -0.15) is 0 Å². The van der Waals surface area contributed by atoms with E-state index in [1.165, 1.54) is 11.3 Å². The summed E-state index contributed by atoms with van der Waals surface area (Å²) in [6.45, 7) is 0.0291. The van der Waals surface area contributed by atoms with Crippen molar-refractivity contribution < 1.29 is 24.6 Å². The van der Waals surface area contributed by atoms with Gasteiger partial charge in [-0.3, -0.25) is 9.59 Å². The first kappa shape index (κ1) is 16.1. The van der Waals surface area contributed by atoms with Gasteiger partial charge in [0.25, 0.3) is 5.91 Å². The molecule has 4 N–H and O–H groups in total. The number of amides is 2. The van der Waals surface area contributed by atoms with E-state index in [-0.39, 0.29) is 24.8 Å². The van der Waals surface area contributed by atoms with Crippen LogP contribution in [0.1, 0.15) is 22.5 Å². The molecule has 1 unspecified atom stereocenters. The Bertz CT molecular complexity index is 460. The SMILES string of the molecule is O=C(CCCNC(=O)c1cccs1)NCC(O)C(=O)O. The minimum absolute atomic E-state index is 0.150. The first-order chi connectivity index (χ1) is 9.50. The summed E-state index contributed by atoms with van der Waals surface area (Å²) >= 11 is 1.33. The van der Waals surface area contributed by atoms with Gasteiger partial charge in [-0.1, -0.05) is 6.07 Å². The van der Waals surface area contributed by atoms with Crippen LogP contribution in [-0.4, -0.2) is 47.2 Å². The molecule has 0 radical (unpaired) electrons. The van der Waals surface area contributed by atoms with Gasteiger partial charge in [-0.15, -0.1) is 11.3 Å². The lowest BCUT2D eigenvalue weighted by atomic mass is 10.2. The van der Waals surface area contributed by atoms with Crippen LogP contribution in [0.25, 0.3) is 0 Å². The van der Waals surface area contributed by atoms with E-state index in [1.807, 2.05) is 0 Å². The van der Waals surface area contributed by atoms with E-state index < -0.39 is 12.1 Å². The lowest BCUT2D eigenvalue weighted by Crippen LogP contribution is -2.36. The highest BCUT2D eigenvalue weighted by molar-refractivity contribution is 7.12. The number of rotatable bonds is 8. The summed E-state index contributed by atoms with van der Waals surface area (Å²) in [5, 5.41) is 24.1. The maximum absolute atomic E-state index is 11.5. The van der Waals surface area contributed by atoms with Crippen molar-refractivity contribution in [1.29, 1.82) is 0 Å². The molecule has 1 aromatic heterocycles. The molecule has 110 valence electrons. The molecule has 0 aliphatic rings. The van der Waals surface area contributed by atoms with E-state index in [2.05, 4.69) is 10.6 Å². The Kier molecular flexibility index (Phi) is 6.68. The molecule has 20 heavy (non-hydrogen) atoms. The zero-order valence-electron chi connectivity index (χ0n) is 10.7. The van der Waals surface area contributed by atoms with E-state index in [0.717, 1.165) is 0 Å². The van der Waals surface area contributed by atoms with Crippen molar-refractivity contribution in [3.05, 3.63) is 22.4 Å². The minimum Gasteiger partial charge on any atom is -0.479 e. The third kappa shape index (κ3) is 5.81. The summed E-state index contributed by atoms with van der Waals surface area (Å²) in [7, 11) is 0. The van der Waals surface area contributed by atoms with Crippen molar-refractivity contribution >= 4 is 29.1 Å². The van der Waals surface area contributed by atoms with Gasteiger partial charge in [0.2, 0.25) is 5.91 Å². The molecule has 0 saturated heterocycles. The molecule has 0 bridgehead atoms. The number of aliphatic carboxylic acids is 1. The largest absolute Gasteiger partial charge is 0.479 e. The average molecular weight is 300 g/mol. The first-order valence-corrected chi connectivity index (χ1v) is 6.88. The molecule has 1 rings (SSSR count). The Balaban J connectivity index is 2.10. The van der Waals surface area contributed by atoms with Gasteiger partial charge in [0.1, 0.15) is 0 Å². The second-order valence-corrected chi connectivity index (χ2v) is 4.94. The predicted molar refractivity (Wildman–Crippen MR) is 72.5 cm³/mol. The van der Waals surface area contributed by atoms with E-state index in [1.54, 1.807) is 17.5 Å². The van der Waals surface area contributed by atoms with Crippen molar-refractivity contribution in [2.24, 2.45) is 0 Å². The number of aliphatic hydroxyl groups excluding tert-OH is 1. The highest BCUT2D eigenvalue weighted by Gasteiger charge is 2.13. The summed E-state index contributed by atoms with van der Waals surface area (Å²) in [4.78, 5) is 33.8. The van der Waals surface area contributed by atoms with Gasteiger partial charge in [0.15, 0.2) is 6.10 Å². The highest BCUT2D eigenvalue weighted by Crippen LogP contribution is 2.07. The van der Waals surface area contributed by atoms with E-state index in [4.69, 9.17) is 10.2 Å². The van der Waals surface area contributed by atoms with Crippen LogP contribution in [0.2, 0.25) is 0 Å². The van der Waals surface area contributed by atoms with Gasteiger partial charge in [0.05, 0.1) is 11.4 Å². The van der Waals surface area contributed by atoms with Crippen LogP contribution in [0.15, 0.2) is 17.5 Å². The molecule has 0 fully saturated rings. The van der Waals surface area contributed by atoms with Crippen LogP contribution in [0, 0.1) is 0 Å². The number of aliphatic hydroxyl groups is 1. The fourth-order valence-corrected chi connectivity index (χ4v) is 1.97. The zero-order chi connectivity index (χ0) is 15.0. The van der Waals surface area contributed by atoms with Crippen LogP contribution in [0.5, 0.6) is 0 Å². The third-order valence-electron chi connectivity index (χ3n) is 2.39. The normalized spacial score (nSPS) is 11.7. The standard InChI is InChI=1S/C12H16N2O5S/c15-8(12(18)19)7-14-10(16)4-1-5-13-11(17)9-3-2-6-20-9/h2-3,6,8,15H,1,4-5,7H2,(H,13,17)(H,14,16)(H,18,19). The first-order valence-electron chi connectivity index (χ1n) is 6.00. The zero-order valence-corrected chi connectivity index (χ0v) is 11.5. The Morgan fingerprint density at radius 1 is 1.30 bits per heavy atom. The van der Waals surface area contributed by atoms with Gasteiger partial charge in [-0.05, 0) is 17.9 Å². The Morgan fingerprint density at radius 3 is 2.65 bits per heavy atom. The molecule has 0 aliphatic carbocycles. The Hall–Kier alpha value is -1.93. The number of carboxylic acid groups (broad SMARTS) is 1. The van der Waals surface area contributed by atoms with Crippen LogP contribution in [0.4, 0.5) is 0 Å². The van der Waals surface area contributed by atoms with Gasteiger partial charge < -0.3 is 20.8 Å². The maximum Gasteiger partial charge on any atom is 0.334 e. The quantitative estimate of drug-likeness (QED) is 0.497. The fourth-order valence-electron chi connectivity index (χ4n) is 1.33. The number of carbonyl (C=O) groups is 3. The second-order valence-electron chi connectivity index (χ2n) is 3.99. The molecular weight excluding hydrogens is 284 g/mol. The Labute approximate surface area is 119 Å². The molecular formula is C12H16N2O5S. The number of carbonyl (C=O) groups excluding carboxylic acids is 2. The van der Waals surface area contributed by atoms with Gasteiger partial charge in [0, 0.05) is 13.0 Å². The summed E-state index contributed by atoms with van der Waals surface area (Å²) in [6, 6.07) is 3.49. The summed E-state index contributed by atoms with van der Waals surface area (Å²) in [5.41, 5.74) is 0. The fraction of sp³-hybridized carbons (Fsp3) is 0.417. The maximum atomic E-state index is 11.5. The number of nitrogens with one attached hydrogen (secondary N) is 2. The average Bonchev–Trinajstić information content (AvgIpc) is 2.94. The molecule has 0 spiro atoms. The smallest absolute Gasteiger partial charge is 0.334 e.